The topological polar surface area (TPSA) is 49.7 Å². The first kappa shape index (κ1) is 8.84. The highest BCUT2D eigenvalue weighted by atomic mass is 16.6. The quantitative estimate of drug-likeness (QED) is 0.509. The smallest absolute Gasteiger partial charge is 0.518 e. The summed E-state index contributed by atoms with van der Waals surface area (Å²) < 4.78 is 4.38. The van der Waals surface area contributed by atoms with Gasteiger partial charge < -0.3 is 14.7 Å². The van der Waals surface area contributed by atoms with Gasteiger partial charge in [-0.05, 0) is 11.6 Å². The van der Waals surface area contributed by atoms with Gasteiger partial charge in [0.25, 0.3) is 0 Å². The highest BCUT2D eigenvalue weighted by Crippen LogP contribution is 2.00. The van der Waals surface area contributed by atoms with Crippen LogP contribution in [0.2, 0.25) is 0 Å². The van der Waals surface area contributed by atoms with Crippen LogP contribution < -0.4 is 0 Å². The van der Waals surface area contributed by atoms with E-state index in [9.17, 15) is 0 Å². The zero-order valence-corrected chi connectivity index (χ0v) is 6.42. The minimum atomic E-state index is -1.75. The Morgan fingerprint density at radius 3 is 2.42 bits per heavy atom. The molecule has 4 heteroatoms. The minimum absolute atomic E-state index is 0.943. The highest BCUT2D eigenvalue weighted by Gasteiger charge is 2.05. The summed E-state index contributed by atoms with van der Waals surface area (Å²) in [5, 5.41) is 16.6. The van der Waals surface area contributed by atoms with Gasteiger partial charge in [0.1, 0.15) is 0 Å². The maximum atomic E-state index is 8.31. The van der Waals surface area contributed by atoms with E-state index in [1.807, 2.05) is 30.3 Å². The van der Waals surface area contributed by atoms with Crippen LogP contribution in [0, 0.1) is 0 Å². The molecule has 0 amide bonds. The second kappa shape index (κ2) is 4.59. The normalized spacial score (nSPS) is 10.2. The molecule has 0 saturated heterocycles. The van der Waals surface area contributed by atoms with Crippen molar-refractivity contribution in [2.45, 2.75) is 0 Å². The average Bonchev–Trinajstić information content (AvgIpc) is 2.05. The van der Waals surface area contributed by atoms with Crippen molar-refractivity contribution in [3.63, 3.8) is 0 Å². The maximum Gasteiger partial charge on any atom is 0.707 e. The van der Waals surface area contributed by atoms with Crippen molar-refractivity contribution in [3.8, 4) is 0 Å². The molecule has 2 N–H and O–H groups in total. The standard InChI is InChI=1S/C8H9BO3/c10-9(11)12-7-6-8-4-2-1-3-5-8/h1-7,10-11H. The van der Waals surface area contributed by atoms with Crippen molar-refractivity contribution in [3.05, 3.63) is 42.2 Å². The summed E-state index contributed by atoms with van der Waals surface area (Å²) in [7, 11) is -1.75. The predicted molar refractivity (Wildman–Crippen MR) is 46.8 cm³/mol. The zero-order chi connectivity index (χ0) is 8.81. The molecule has 0 aliphatic carbocycles. The van der Waals surface area contributed by atoms with E-state index in [0.717, 1.165) is 5.56 Å². The molecule has 0 unspecified atom stereocenters. The lowest BCUT2D eigenvalue weighted by Gasteiger charge is -1.95. The van der Waals surface area contributed by atoms with Crippen LogP contribution >= 0.6 is 0 Å². The molecule has 0 bridgehead atoms. The molecule has 0 heterocycles. The largest absolute Gasteiger partial charge is 0.707 e. The molecule has 12 heavy (non-hydrogen) atoms. The Hall–Kier alpha value is -1.26. The summed E-state index contributed by atoms with van der Waals surface area (Å²) in [6.07, 6.45) is 2.87. The van der Waals surface area contributed by atoms with Crippen molar-refractivity contribution in [1.82, 2.24) is 0 Å². The van der Waals surface area contributed by atoms with Gasteiger partial charge in [0.2, 0.25) is 0 Å². The molecule has 1 aromatic rings. The molecule has 0 spiro atoms. The van der Waals surface area contributed by atoms with Crippen LogP contribution in [0.15, 0.2) is 36.6 Å². The third-order valence-corrected chi connectivity index (χ3v) is 1.26. The lowest BCUT2D eigenvalue weighted by atomic mass is 10.2. The molecule has 0 aromatic heterocycles. The first-order valence-corrected chi connectivity index (χ1v) is 3.52. The van der Waals surface area contributed by atoms with Gasteiger partial charge in [-0.1, -0.05) is 30.3 Å². The van der Waals surface area contributed by atoms with Gasteiger partial charge >= 0.3 is 7.32 Å². The Bertz CT molecular complexity index is 246. The molecule has 0 atom stereocenters. The van der Waals surface area contributed by atoms with Crippen LogP contribution in [-0.4, -0.2) is 17.4 Å². The third kappa shape index (κ3) is 3.23. The van der Waals surface area contributed by atoms with E-state index in [2.05, 4.69) is 4.65 Å². The summed E-state index contributed by atoms with van der Waals surface area (Å²) in [6.45, 7) is 0. The summed E-state index contributed by atoms with van der Waals surface area (Å²) in [4.78, 5) is 0. The number of hydrogen-bond acceptors (Lipinski definition) is 3. The molecule has 62 valence electrons. The zero-order valence-electron chi connectivity index (χ0n) is 6.42. The molecule has 1 aromatic carbocycles. The first-order valence-electron chi connectivity index (χ1n) is 3.52. The monoisotopic (exact) mass is 164 g/mol. The fraction of sp³-hybridized carbons (Fsp3) is 0. The van der Waals surface area contributed by atoms with Gasteiger partial charge in [0, 0.05) is 0 Å². The summed E-state index contributed by atoms with van der Waals surface area (Å²) in [5.74, 6) is 0. The maximum absolute atomic E-state index is 8.31. The van der Waals surface area contributed by atoms with Crippen molar-refractivity contribution in [2.75, 3.05) is 0 Å². The van der Waals surface area contributed by atoms with Gasteiger partial charge in [0.05, 0.1) is 6.26 Å². The van der Waals surface area contributed by atoms with Gasteiger partial charge in [-0.3, -0.25) is 0 Å². The molecule has 0 fully saturated rings. The predicted octanol–water partition coefficient (Wildman–Crippen LogP) is 0.643. The molecule has 0 aliphatic heterocycles. The van der Waals surface area contributed by atoms with Crippen molar-refractivity contribution in [2.24, 2.45) is 0 Å². The number of rotatable bonds is 3. The van der Waals surface area contributed by atoms with Crippen LogP contribution in [-0.2, 0) is 4.65 Å². The van der Waals surface area contributed by atoms with Crippen LogP contribution in [0.5, 0.6) is 0 Å². The van der Waals surface area contributed by atoms with Gasteiger partial charge in [-0.25, -0.2) is 0 Å². The lowest BCUT2D eigenvalue weighted by molar-refractivity contribution is 0.258. The Morgan fingerprint density at radius 1 is 1.17 bits per heavy atom. The van der Waals surface area contributed by atoms with Crippen LogP contribution in [0.4, 0.5) is 0 Å². The van der Waals surface area contributed by atoms with E-state index < -0.39 is 7.32 Å². The van der Waals surface area contributed by atoms with Crippen molar-refractivity contribution in [1.29, 1.82) is 0 Å². The van der Waals surface area contributed by atoms with E-state index in [-0.39, 0.29) is 0 Å². The fourth-order valence-corrected chi connectivity index (χ4v) is 0.752. The fourth-order valence-electron chi connectivity index (χ4n) is 0.752. The number of hydrogen-bond donors (Lipinski definition) is 2. The minimum Gasteiger partial charge on any atom is -0.518 e. The average molecular weight is 164 g/mol. The summed E-state index contributed by atoms with van der Waals surface area (Å²) in [6, 6.07) is 9.43. The van der Waals surface area contributed by atoms with E-state index in [4.69, 9.17) is 10.0 Å². The Balaban J connectivity index is 2.47. The first-order chi connectivity index (χ1) is 5.79. The number of benzene rings is 1. The highest BCUT2D eigenvalue weighted by molar-refractivity contribution is 6.32. The van der Waals surface area contributed by atoms with Crippen molar-refractivity contribution >= 4 is 13.4 Å². The van der Waals surface area contributed by atoms with Gasteiger partial charge in [-0.15, -0.1) is 0 Å². The summed E-state index contributed by atoms with van der Waals surface area (Å²) >= 11 is 0. The van der Waals surface area contributed by atoms with Crippen LogP contribution in [0.1, 0.15) is 5.56 Å². The van der Waals surface area contributed by atoms with Crippen LogP contribution in [0.25, 0.3) is 6.08 Å². The SMILES string of the molecule is OB(O)OC=Cc1ccccc1. The third-order valence-electron chi connectivity index (χ3n) is 1.26. The van der Waals surface area contributed by atoms with E-state index in [0.29, 0.717) is 0 Å². The molecule has 1 rings (SSSR count). The molecule has 0 saturated carbocycles. The molecular formula is C8H9BO3. The molecule has 0 aliphatic rings. The van der Waals surface area contributed by atoms with Crippen LogP contribution in [0.3, 0.4) is 0 Å². The molecule has 0 radical (unpaired) electrons. The lowest BCUT2D eigenvalue weighted by Crippen LogP contribution is -2.12. The van der Waals surface area contributed by atoms with Gasteiger partial charge in [-0.2, -0.15) is 0 Å². The second-order valence-corrected chi connectivity index (χ2v) is 2.18. The second-order valence-electron chi connectivity index (χ2n) is 2.18. The molecular weight excluding hydrogens is 155 g/mol. The Kier molecular flexibility index (Phi) is 3.38. The van der Waals surface area contributed by atoms with E-state index in [1.54, 1.807) is 6.08 Å². The Labute approximate surface area is 71.1 Å². The van der Waals surface area contributed by atoms with Gasteiger partial charge in [0.15, 0.2) is 0 Å². The van der Waals surface area contributed by atoms with Crippen molar-refractivity contribution < 1.29 is 14.7 Å². The van der Waals surface area contributed by atoms with E-state index in [1.165, 1.54) is 6.26 Å². The Morgan fingerprint density at radius 2 is 1.83 bits per heavy atom. The molecule has 3 nitrogen and oxygen atoms in total. The van der Waals surface area contributed by atoms with E-state index >= 15 is 0 Å². The summed E-state index contributed by atoms with van der Waals surface area (Å²) in [5.41, 5.74) is 0.943.